The van der Waals surface area contributed by atoms with Crippen molar-refractivity contribution >= 4 is 23.2 Å². The van der Waals surface area contributed by atoms with Crippen LogP contribution in [-0.4, -0.2) is 12.5 Å². The Morgan fingerprint density at radius 2 is 1.73 bits per heavy atom. The Morgan fingerprint density at radius 3 is 2.45 bits per heavy atom. The van der Waals surface area contributed by atoms with Gasteiger partial charge >= 0.3 is 0 Å². The summed E-state index contributed by atoms with van der Waals surface area (Å²) in [7, 11) is 0. The van der Waals surface area contributed by atoms with Crippen LogP contribution in [0.3, 0.4) is 0 Å². The van der Waals surface area contributed by atoms with E-state index in [0.29, 0.717) is 10.7 Å². The molecule has 4 heteroatoms. The third-order valence-corrected chi connectivity index (χ3v) is 4.17. The molecular weight excluding hydrogens is 298 g/mol. The number of amides is 1. The van der Waals surface area contributed by atoms with Crippen molar-refractivity contribution in [3.63, 3.8) is 0 Å². The lowest BCUT2D eigenvalue weighted by molar-refractivity contribution is -0.118. The molecule has 0 heterocycles. The van der Waals surface area contributed by atoms with Gasteiger partial charge in [-0.25, -0.2) is 0 Å². The average molecular weight is 318 g/mol. The number of nitrogens with one attached hydrogen (secondary N) is 1. The molecule has 2 aromatic carbocycles. The van der Waals surface area contributed by atoms with Crippen LogP contribution in [0.2, 0.25) is 5.02 Å². The summed E-state index contributed by atoms with van der Waals surface area (Å²) in [6, 6.07) is 9.47. The molecule has 0 radical (unpaired) electrons. The molecule has 0 aliphatic rings. The van der Waals surface area contributed by atoms with Crippen LogP contribution in [0.25, 0.3) is 0 Å². The summed E-state index contributed by atoms with van der Waals surface area (Å²) >= 11 is 6.05. The summed E-state index contributed by atoms with van der Waals surface area (Å²) in [5, 5.41) is 3.46. The van der Waals surface area contributed by atoms with Gasteiger partial charge in [0.05, 0.1) is 0 Å². The lowest BCUT2D eigenvalue weighted by Crippen LogP contribution is -2.21. The SMILES string of the molecule is Cc1ccc(C)c(OCC(=O)Nc2cccc(Cl)c2C)c1C. The molecule has 116 valence electrons. The van der Waals surface area contributed by atoms with Gasteiger partial charge in [0.1, 0.15) is 5.75 Å². The largest absolute Gasteiger partial charge is 0.483 e. The monoisotopic (exact) mass is 317 g/mol. The number of ether oxygens (including phenoxy) is 1. The number of carbonyl (C=O) groups excluding carboxylic acids is 1. The topological polar surface area (TPSA) is 38.3 Å². The van der Waals surface area contributed by atoms with Crippen molar-refractivity contribution in [2.24, 2.45) is 0 Å². The van der Waals surface area contributed by atoms with E-state index in [1.165, 1.54) is 0 Å². The standard InChI is InChI=1S/C18H20ClNO2/c1-11-8-9-12(2)18(13(11)3)22-10-17(21)20-16-7-5-6-15(19)14(16)4/h5-9H,10H2,1-4H3,(H,20,21). The molecule has 0 unspecified atom stereocenters. The molecule has 0 aliphatic heterocycles. The zero-order valence-corrected chi connectivity index (χ0v) is 14.0. The van der Waals surface area contributed by atoms with E-state index in [0.717, 1.165) is 28.0 Å². The first-order chi connectivity index (χ1) is 10.4. The number of carbonyl (C=O) groups is 1. The van der Waals surface area contributed by atoms with Crippen LogP contribution in [0.5, 0.6) is 5.75 Å². The number of hydrogen-bond acceptors (Lipinski definition) is 2. The van der Waals surface area contributed by atoms with Gasteiger partial charge in [-0.2, -0.15) is 0 Å². The number of hydrogen-bond donors (Lipinski definition) is 1. The van der Waals surface area contributed by atoms with Crippen molar-refractivity contribution in [3.8, 4) is 5.75 Å². The van der Waals surface area contributed by atoms with Gasteiger partial charge in [-0.1, -0.05) is 29.8 Å². The molecule has 22 heavy (non-hydrogen) atoms. The zero-order chi connectivity index (χ0) is 16.3. The lowest BCUT2D eigenvalue weighted by Gasteiger charge is -2.14. The summed E-state index contributed by atoms with van der Waals surface area (Å²) < 4.78 is 5.71. The third kappa shape index (κ3) is 3.60. The highest BCUT2D eigenvalue weighted by Gasteiger charge is 2.11. The fraction of sp³-hybridized carbons (Fsp3) is 0.278. The fourth-order valence-electron chi connectivity index (χ4n) is 2.21. The van der Waals surface area contributed by atoms with Gasteiger partial charge in [0.15, 0.2) is 6.61 Å². The number of anilines is 1. The highest BCUT2D eigenvalue weighted by atomic mass is 35.5. The Labute approximate surface area is 136 Å². The quantitative estimate of drug-likeness (QED) is 0.895. The number of halogens is 1. The molecule has 0 fully saturated rings. The second-order valence-electron chi connectivity index (χ2n) is 5.40. The Balaban J connectivity index is 2.05. The molecule has 1 N–H and O–H groups in total. The Morgan fingerprint density at radius 1 is 1.05 bits per heavy atom. The molecule has 0 aliphatic carbocycles. The molecule has 0 saturated heterocycles. The summed E-state index contributed by atoms with van der Waals surface area (Å²) in [5.74, 6) is 0.573. The van der Waals surface area contributed by atoms with Crippen LogP contribution >= 0.6 is 11.6 Å². The Bertz CT molecular complexity index is 710. The van der Waals surface area contributed by atoms with Crippen molar-refractivity contribution in [1.29, 1.82) is 0 Å². The van der Waals surface area contributed by atoms with Crippen LogP contribution in [-0.2, 0) is 4.79 Å². The van der Waals surface area contributed by atoms with Crippen LogP contribution in [0.1, 0.15) is 22.3 Å². The molecule has 2 rings (SSSR count). The first-order valence-electron chi connectivity index (χ1n) is 7.14. The molecule has 3 nitrogen and oxygen atoms in total. The molecule has 0 aromatic heterocycles. The van der Waals surface area contributed by atoms with Crippen molar-refractivity contribution < 1.29 is 9.53 Å². The van der Waals surface area contributed by atoms with Crippen LogP contribution in [0.4, 0.5) is 5.69 Å². The average Bonchev–Trinajstić information content (AvgIpc) is 2.48. The van der Waals surface area contributed by atoms with Gasteiger partial charge in [-0.3, -0.25) is 4.79 Å². The molecule has 2 aromatic rings. The molecular formula is C18H20ClNO2. The number of aryl methyl sites for hydroxylation is 2. The zero-order valence-electron chi connectivity index (χ0n) is 13.3. The van der Waals surface area contributed by atoms with Gasteiger partial charge < -0.3 is 10.1 Å². The van der Waals surface area contributed by atoms with E-state index < -0.39 is 0 Å². The minimum Gasteiger partial charge on any atom is -0.483 e. The highest BCUT2D eigenvalue weighted by molar-refractivity contribution is 6.31. The van der Waals surface area contributed by atoms with Crippen LogP contribution < -0.4 is 10.1 Å². The lowest BCUT2D eigenvalue weighted by atomic mass is 10.1. The van der Waals surface area contributed by atoms with Crippen molar-refractivity contribution in [1.82, 2.24) is 0 Å². The van der Waals surface area contributed by atoms with E-state index in [4.69, 9.17) is 16.3 Å². The van der Waals surface area contributed by atoms with Crippen LogP contribution in [0.15, 0.2) is 30.3 Å². The molecule has 0 saturated carbocycles. The second-order valence-corrected chi connectivity index (χ2v) is 5.81. The van der Waals surface area contributed by atoms with Gasteiger partial charge in [-0.05, 0) is 62.1 Å². The van der Waals surface area contributed by atoms with E-state index in [-0.39, 0.29) is 12.5 Å². The summed E-state index contributed by atoms with van der Waals surface area (Å²) in [6.45, 7) is 7.83. The van der Waals surface area contributed by atoms with Gasteiger partial charge in [0.25, 0.3) is 5.91 Å². The summed E-state index contributed by atoms with van der Waals surface area (Å²) in [4.78, 5) is 12.1. The summed E-state index contributed by atoms with van der Waals surface area (Å²) in [5.41, 5.74) is 4.78. The van der Waals surface area contributed by atoms with Crippen LogP contribution in [0, 0.1) is 27.7 Å². The predicted octanol–water partition coefficient (Wildman–Crippen LogP) is 4.59. The Hall–Kier alpha value is -2.00. The van der Waals surface area contributed by atoms with E-state index >= 15 is 0 Å². The minimum absolute atomic E-state index is 0.0307. The maximum Gasteiger partial charge on any atom is 0.262 e. The minimum atomic E-state index is -0.203. The van der Waals surface area contributed by atoms with E-state index in [2.05, 4.69) is 5.32 Å². The number of rotatable bonds is 4. The van der Waals surface area contributed by atoms with Gasteiger partial charge in [0, 0.05) is 10.7 Å². The fourth-order valence-corrected chi connectivity index (χ4v) is 2.39. The second kappa shape index (κ2) is 6.84. The summed E-state index contributed by atoms with van der Waals surface area (Å²) in [6.07, 6.45) is 0. The van der Waals surface area contributed by atoms with Crippen molar-refractivity contribution in [3.05, 3.63) is 57.6 Å². The molecule has 0 atom stereocenters. The smallest absolute Gasteiger partial charge is 0.262 e. The van der Waals surface area contributed by atoms with Crippen molar-refractivity contribution in [2.75, 3.05) is 11.9 Å². The normalized spacial score (nSPS) is 10.4. The maximum absolute atomic E-state index is 12.1. The van der Waals surface area contributed by atoms with E-state index in [9.17, 15) is 4.79 Å². The van der Waals surface area contributed by atoms with E-state index in [1.54, 1.807) is 12.1 Å². The maximum atomic E-state index is 12.1. The molecule has 0 bridgehead atoms. The first kappa shape index (κ1) is 16.4. The van der Waals surface area contributed by atoms with Gasteiger partial charge in [0.2, 0.25) is 0 Å². The Kier molecular flexibility index (Phi) is 5.09. The van der Waals surface area contributed by atoms with Crippen molar-refractivity contribution in [2.45, 2.75) is 27.7 Å². The molecule has 0 spiro atoms. The van der Waals surface area contributed by atoms with E-state index in [1.807, 2.05) is 45.9 Å². The first-order valence-corrected chi connectivity index (χ1v) is 7.52. The highest BCUT2D eigenvalue weighted by Crippen LogP contribution is 2.26. The third-order valence-electron chi connectivity index (χ3n) is 3.76. The van der Waals surface area contributed by atoms with Gasteiger partial charge in [-0.15, -0.1) is 0 Å². The molecule has 1 amide bonds. The number of benzene rings is 2. The predicted molar refractivity (Wildman–Crippen MR) is 91.0 cm³/mol.